The summed E-state index contributed by atoms with van der Waals surface area (Å²) >= 11 is 3.51. The van der Waals surface area contributed by atoms with E-state index in [4.69, 9.17) is 4.74 Å². The van der Waals surface area contributed by atoms with Crippen LogP contribution in [-0.2, 0) is 4.79 Å². The second kappa shape index (κ2) is 6.42. The molecule has 0 heterocycles. The van der Waals surface area contributed by atoms with Gasteiger partial charge in [0, 0.05) is 32.1 Å². The molecule has 1 aromatic rings. The van der Waals surface area contributed by atoms with Gasteiger partial charge in [-0.25, -0.2) is 0 Å². The van der Waals surface area contributed by atoms with Gasteiger partial charge in [0.15, 0.2) is 0 Å². The highest BCUT2D eigenvalue weighted by Crippen LogP contribution is 2.30. The molecular formula is C15H20BrNO2. The van der Waals surface area contributed by atoms with Crippen LogP contribution in [0.4, 0.5) is 5.69 Å². The Kier molecular flexibility index (Phi) is 4.86. The number of ether oxygens (including phenoxy) is 1. The first-order valence-electron chi connectivity index (χ1n) is 6.66. The van der Waals surface area contributed by atoms with Gasteiger partial charge >= 0.3 is 0 Å². The lowest BCUT2D eigenvalue weighted by molar-refractivity contribution is -0.120. The number of benzene rings is 1. The number of anilines is 1. The average molecular weight is 326 g/mol. The molecule has 3 nitrogen and oxygen atoms in total. The molecule has 19 heavy (non-hydrogen) atoms. The largest absolute Gasteiger partial charge is 0.496 e. The summed E-state index contributed by atoms with van der Waals surface area (Å²) in [5.74, 6) is 1.90. The van der Waals surface area contributed by atoms with Crippen molar-refractivity contribution in [3.63, 3.8) is 0 Å². The number of carbonyl (C=O) groups excluding carboxylic acids is 1. The average Bonchev–Trinajstić information content (AvgIpc) is 2.41. The summed E-state index contributed by atoms with van der Waals surface area (Å²) in [5.41, 5.74) is 1.17. The molecule has 0 spiro atoms. The monoisotopic (exact) mass is 325 g/mol. The summed E-state index contributed by atoms with van der Waals surface area (Å²) in [4.78, 5) is 13.5. The first-order valence-corrected chi connectivity index (χ1v) is 7.46. The van der Waals surface area contributed by atoms with E-state index in [1.165, 1.54) is 5.69 Å². The van der Waals surface area contributed by atoms with Crippen LogP contribution in [0.25, 0.3) is 0 Å². The minimum Gasteiger partial charge on any atom is -0.496 e. The second-order valence-electron chi connectivity index (χ2n) is 5.18. The number of nitrogens with zero attached hydrogens (tertiary/aromatic N) is 1. The van der Waals surface area contributed by atoms with Crippen molar-refractivity contribution in [2.75, 3.05) is 25.6 Å². The fourth-order valence-corrected chi connectivity index (χ4v) is 3.10. The van der Waals surface area contributed by atoms with Gasteiger partial charge in [0.05, 0.1) is 11.6 Å². The first-order chi connectivity index (χ1) is 9.10. The van der Waals surface area contributed by atoms with E-state index >= 15 is 0 Å². The van der Waals surface area contributed by atoms with E-state index in [0.717, 1.165) is 42.5 Å². The molecule has 0 saturated heterocycles. The van der Waals surface area contributed by atoms with Crippen LogP contribution in [-0.4, -0.2) is 26.5 Å². The maximum atomic E-state index is 11.2. The summed E-state index contributed by atoms with van der Waals surface area (Å²) < 4.78 is 6.21. The van der Waals surface area contributed by atoms with Crippen LogP contribution in [0.2, 0.25) is 0 Å². The van der Waals surface area contributed by atoms with E-state index in [2.05, 4.69) is 40.0 Å². The van der Waals surface area contributed by atoms with Crippen molar-refractivity contribution in [2.24, 2.45) is 5.92 Å². The van der Waals surface area contributed by atoms with E-state index in [0.29, 0.717) is 11.7 Å². The lowest BCUT2D eigenvalue weighted by atomic mass is 9.88. The third kappa shape index (κ3) is 3.72. The van der Waals surface area contributed by atoms with Gasteiger partial charge in [0.1, 0.15) is 11.5 Å². The highest BCUT2D eigenvalue weighted by atomic mass is 79.9. The van der Waals surface area contributed by atoms with Crippen molar-refractivity contribution < 1.29 is 9.53 Å². The maximum absolute atomic E-state index is 11.2. The number of halogens is 1. The van der Waals surface area contributed by atoms with E-state index in [1.54, 1.807) is 7.11 Å². The van der Waals surface area contributed by atoms with Crippen molar-refractivity contribution in [3.05, 3.63) is 22.7 Å². The van der Waals surface area contributed by atoms with E-state index in [9.17, 15) is 4.79 Å². The number of methoxy groups -OCH3 is 1. The summed E-state index contributed by atoms with van der Waals surface area (Å²) in [6, 6.07) is 6.12. The van der Waals surface area contributed by atoms with Crippen molar-refractivity contribution in [1.29, 1.82) is 0 Å². The summed E-state index contributed by atoms with van der Waals surface area (Å²) in [7, 11) is 3.77. The molecule has 2 rings (SSSR count). The molecule has 0 radical (unpaired) electrons. The van der Waals surface area contributed by atoms with Crippen molar-refractivity contribution in [1.82, 2.24) is 0 Å². The Morgan fingerprint density at radius 1 is 1.37 bits per heavy atom. The van der Waals surface area contributed by atoms with Crippen LogP contribution >= 0.6 is 15.9 Å². The van der Waals surface area contributed by atoms with Crippen molar-refractivity contribution >= 4 is 27.4 Å². The topological polar surface area (TPSA) is 29.5 Å². The van der Waals surface area contributed by atoms with Gasteiger partial charge in [0.2, 0.25) is 0 Å². The third-order valence-corrected chi connectivity index (χ3v) is 4.39. The zero-order valence-corrected chi connectivity index (χ0v) is 13.1. The van der Waals surface area contributed by atoms with Gasteiger partial charge in [-0.15, -0.1) is 0 Å². The highest BCUT2D eigenvalue weighted by molar-refractivity contribution is 9.10. The zero-order valence-electron chi connectivity index (χ0n) is 11.5. The Morgan fingerprint density at radius 2 is 2.05 bits per heavy atom. The molecule has 0 aromatic heterocycles. The molecule has 1 fully saturated rings. The molecule has 1 aromatic carbocycles. The molecule has 0 atom stereocenters. The molecule has 0 bridgehead atoms. The van der Waals surface area contributed by atoms with Crippen molar-refractivity contribution in [3.8, 4) is 5.75 Å². The molecule has 1 aliphatic rings. The molecule has 0 unspecified atom stereocenters. The second-order valence-corrected chi connectivity index (χ2v) is 6.04. The van der Waals surface area contributed by atoms with Gasteiger partial charge in [-0.3, -0.25) is 4.79 Å². The maximum Gasteiger partial charge on any atom is 0.133 e. The Morgan fingerprint density at radius 3 is 2.63 bits per heavy atom. The third-order valence-electron chi connectivity index (χ3n) is 3.77. The molecule has 0 N–H and O–H groups in total. The van der Waals surface area contributed by atoms with Crippen molar-refractivity contribution in [2.45, 2.75) is 25.7 Å². The Bertz CT molecular complexity index is 451. The van der Waals surface area contributed by atoms with Gasteiger partial charge in [0.25, 0.3) is 0 Å². The number of hydrogen-bond acceptors (Lipinski definition) is 3. The van der Waals surface area contributed by atoms with Crippen LogP contribution in [0, 0.1) is 5.92 Å². The van der Waals surface area contributed by atoms with Gasteiger partial charge in [-0.2, -0.15) is 0 Å². The Labute approximate surface area is 123 Å². The number of ketones is 1. The predicted octanol–water partition coefficient (Wildman–Crippen LogP) is 3.65. The minimum atomic E-state index is 0.422. The number of carbonyl (C=O) groups is 1. The lowest BCUT2D eigenvalue weighted by Gasteiger charge is -2.28. The molecule has 104 valence electrons. The first kappa shape index (κ1) is 14.4. The van der Waals surface area contributed by atoms with Crippen LogP contribution in [0.15, 0.2) is 22.7 Å². The number of hydrogen-bond donors (Lipinski definition) is 0. The summed E-state index contributed by atoms with van der Waals surface area (Å²) in [5, 5.41) is 0. The molecule has 0 aliphatic heterocycles. The normalized spacial score (nSPS) is 16.5. The lowest BCUT2D eigenvalue weighted by Crippen LogP contribution is -2.28. The molecule has 4 heteroatoms. The predicted molar refractivity (Wildman–Crippen MR) is 80.9 cm³/mol. The standard InChI is InChI=1S/C15H20BrNO2/c1-17(10-11-3-6-13(18)7-4-11)12-5-8-15(19-2)14(16)9-12/h5,8-9,11H,3-4,6-7,10H2,1-2H3. The molecular weight excluding hydrogens is 306 g/mol. The van der Waals surface area contributed by atoms with Gasteiger partial charge < -0.3 is 9.64 Å². The number of Topliss-reactive ketones (excluding diaryl/α,β-unsaturated/α-hetero) is 1. The highest BCUT2D eigenvalue weighted by Gasteiger charge is 2.20. The van der Waals surface area contributed by atoms with E-state index < -0.39 is 0 Å². The molecule has 1 saturated carbocycles. The van der Waals surface area contributed by atoms with Crippen LogP contribution in [0.5, 0.6) is 5.75 Å². The smallest absolute Gasteiger partial charge is 0.133 e. The van der Waals surface area contributed by atoms with Crippen LogP contribution < -0.4 is 9.64 Å². The van der Waals surface area contributed by atoms with E-state index in [1.807, 2.05) is 6.07 Å². The fraction of sp³-hybridized carbons (Fsp3) is 0.533. The molecule has 1 aliphatic carbocycles. The summed E-state index contributed by atoms with van der Waals surface area (Å²) in [6.07, 6.45) is 3.57. The minimum absolute atomic E-state index is 0.422. The summed E-state index contributed by atoms with van der Waals surface area (Å²) in [6.45, 7) is 1.01. The van der Waals surface area contributed by atoms with Gasteiger partial charge in [-0.1, -0.05) is 0 Å². The fourth-order valence-electron chi connectivity index (χ4n) is 2.57. The number of rotatable bonds is 4. The zero-order chi connectivity index (χ0) is 13.8. The van der Waals surface area contributed by atoms with Gasteiger partial charge in [-0.05, 0) is 52.9 Å². The quantitative estimate of drug-likeness (QED) is 0.846. The Hall–Kier alpha value is -1.03. The SMILES string of the molecule is COc1ccc(N(C)CC2CCC(=O)CC2)cc1Br. The van der Waals surface area contributed by atoms with Crippen LogP contribution in [0.3, 0.4) is 0 Å². The molecule has 0 amide bonds. The van der Waals surface area contributed by atoms with E-state index in [-0.39, 0.29) is 0 Å². The van der Waals surface area contributed by atoms with Crippen LogP contribution in [0.1, 0.15) is 25.7 Å². The Balaban J connectivity index is 1.97.